The van der Waals surface area contributed by atoms with Gasteiger partial charge in [-0.05, 0) is 59.6 Å². The Kier molecular flexibility index (Phi) is 4.55. The molecule has 0 amide bonds. The number of anilines is 1. The van der Waals surface area contributed by atoms with Crippen LogP contribution in [-0.4, -0.2) is 12.2 Å². The Bertz CT molecular complexity index is 613. The number of phenols is 1. The molecule has 1 unspecified atom stereocenters. The molecule has 2 aromatic carbocycles. The lowest BCUT2D eigenvalue weighted by Gasteiger charge is -2.19. The van der Waals surface area contributed by atoms with E-state index in [1.165, 1.54) is 0 Å². The van der Waals surface area contributed by atoms with Gasteiger partial charge >= 0.3 is 0 Å². The van der Waals surface area contributed by atoms with Gasteiger partial charge in [0.25, 0.3) is 0 Å². The average Bonchev–Trinajstić information content (AvgIpc) is 2.44. The van der Waals surface area contributed by atoms with Gasteiger partial charge in [-0.15, -0.1) is 0 Å². The highest BCUT2D eigenvalue weighted by Gasteiger charge is 2.13. The zero-order valence-electron chi connectivity index (χ0n) is 11.8. The lowest BCUT2D eigenvalue weighted by atomic mass is 10.1. The number of aryl methyl sites for hydroxylation is 1. The first-order valence-corrected chi connectivity index (χ1v) is 7.20. The molecule has 0 spiro atoms. The van der Waals surface area contributed by atoms with Crippen LogP contribution < -0.4 is 10.1 Å². The zero-order valence-corrected chi connectivity index (χ0v) is 13.4. The molecular formula is C16H18BrNO2. The van der Waals surface area contributed by atoms with Crippen LogP contribution in [0, 0.1) is 6.92 Å². The summed E-state index contributed by atoms with van der Waals surface area (Å²) < 4.78 is 6.24. The maximum atomic E-state index is 10.00. The van der Waals surface area contributed by atoms with E-state index in [4.69, 9.17) is 4.74 Å². The molecule has 0 saturated heterocycles. The third-order valence-electron chi connectivity index (χ3n) is 3.27. The van der Waals surface area contributed by atoms with Gasteiger partial charge in [0.05, 0.1) is 13.2 Å². The van der Waals surface area contributed by atoms with E-state index in [1.807, 2.05) is 38.1 Å². The van der Waals surface area contributed by atoms with Gasteiger partial charge < -0.3 is 15.2 Å². The normalized spacial score (nSPS) is 12.0. The van der Waals surface area contributed by atoms with Crippen LogP contribution in [0.2, 0.25) is 0 Å². The smallest absolute Gasteiger partial charge is 0.121 e. The van der Waals surface area contributed by atoms with Crippen molar-refractivity contribution in [1.29, 1.82) is 0 Å². The van der Waals surface area contributed by atoms with Crippen LogP contribution in [0.25, 0.3) is 0 Å². The van der Waals surface area contributed by atoms with Gasteiger partial charge in [-0.3, -0.25) is 0 Å². The maximum Gasteiger partial charge on any atom is 0.121 e. The molecule has 106 valence electrons. The van der Waals surface area contributed by atoms with Gasteiger partial charge in [-0.1, -0.05) is 12.1 Å². The molecule has 4 heteroatoms. The van der Waals surface area contributed by atoms with Gasteiger partial charge in [0.1, 0.15) is 11.5 Å². The predicted molar refractivity (Wildman–Crippen MR) is 85.6 cm³/mol. The molecule has 0 aliphatic heterocycles. The molecule has 0 fully saturated rings. The van der Waals surface area contributed by atoms with Gasteiger partial charge in [-0.2, -0.15) is 0 Å². The summed E-state index contributed by atoms with van der Waals surface area (Å²) in [5, 5.41) is 13.4. The van der Waals surface area contributed by atoms with E-state index < -0.39 is 0 Å². The van der Waals surface area contributed by atoms with Crippen LogP contribution in [0.4, 0.5) is 5.69 Å². The molecule has 2 rings (SSSR count). The minimum Gasteiger partial charge on any atom is -0.508 e. The quantitative estimate of drug-likeness (QED) is 0.854. The van der Waals surface area contributed by atoms with Gasteiger partial charge in [-0.25, -0.2) is 0 Å². The van der Waals surface area contributed by atoms with Crippen molar-refractivity contribution in [3.63, 3.8) is 0 Å². The minimum atomic E-state index is -0.0387. The number of rotatable bonds is 4. The van der Waals surface area contributed by atoms with E-state index in [1.54, 1.807) is 19.2 Å². The summed E-state index contributed by atoms with van der Waals surface area (Å²) >= 11 is 3.58. The number of halogens is 1. The lowest BCUT2D eigenvalue weighted by molar-refractivity contribution is 0.410. The fourth-order valence-corrected chi connectivity index (χ4v) is 2.46. The number of phenolic OH excluding ortho intramolecular Hbond substituents is 1. The second-order valence-corrected chi connectivity index (χ2v) is 5.52. The Labute approximate surface area is 127 Å². The Balaban J connectivity index is 2.28. The van der Waals surface area contributed by atoms with Gasteiger partial charge in [0, 0.05) is 15.7 Å². The van der Waals surface area contributed by atoms with Crippen molar-refractivity contribution in [3.8, 4) is 11.5 Å². The third kappa shape index (κ3) is 3.07. The van der Waals surface area contributed by atoms with Crippen LogP contribution in [0.1, 0.15) is 24.1 Å². The predicted octanol–water partition coefficient (Wildman–Crippen LogP) is 4.64. The number of methoxy groups -OCH3 is 1. The maximum absolute atomic E-state index is 10.00. The molecule has 0 aromatic heterocycles. The number of benzene rings is 2. The van der Waals surface area contributed by atoms with Crippen molar-refractivity contribution in [2.24, 2.45) is 0 Å². The Morgan fingerprint density at radius 2 is 2.00 bits per heavy atom. The topological polar surface area (TPSA) is 41.5 Å². The fraction of sp³-hybridized carbons (Fsp3) is 0.250. The van der Waals surface area contributed by atoms with E-state index in [2.05, 4.69) is 21.2 Å². The van der Waals surface area contributed by atoms with E-state index in [9.17, 15) is 5.11 Å². The van der Waals surface area contributed by atoms with Crippen molar-refractivity contribution in [3.05, 3.63) is 52.0 Å². The summed E-state index contributed by atoms with van der Waals surface area (Å²) in [5.74, 6) is 0.990. The molecule has 1 atom stereocenters. The van der Waals surface area contributed by atoms with E-state index in [-0.39, 0.29) is 11.8 Å². The van der Waals surface area contributed by atoms with Crippen LogP contribution in [0.15, 0.2) is 40.9 Å². The van der Waals surface area contributed by atoms with Crippen LogP contribution in [0.3, 0.4) is 0 Å². The second-order valence-electron chi connectivity index (χ2n) is 4.73. The van der Waals surface area contributed by atoms with E-state index in [0.29, 0.717) is 0 Å². The minimum absolute atomic E-state index is 0.0387. The number of hydrogen-bond acceptors (Lipinski definition) is 3. The second kappa shape index (κ2) is 6.18. The average molecular weight is 336 g/mol. The Morgan fingerprint density at radius 1 is 1.25 bits per heavy atom. The van der Waals surface area contributed by atoms with Crippen molar-refractivity contribution in [1.82, 2.24) is 0 Å². The van der Waals surface area contributed by atoms with Crippen LogP contribution in [0.5, 0.6) is 11.5 Å². The van der Waals surface area contributed by atoms with Crippen LogP contribution >= 0.6 is 15.9 Å². The molecule has 0 aliphatic rings. The first-order valence-electron chi connectivity index (χ1n) is 6.41. The van der Waals surface area contributed by atoms with Gasteiger partial charge in [0.2, 0.25) is 0 Å². The highest BCUT2D eigenvalue weighted by Crippen LogP contribution is 2.33. The number of hydrogen-bond donors (Lipinski definition) is 2. The van der Waals surface area contributed by atoms with Crippen LogP contribution in [-0.2, 0) is 0 Å². The van der Waals surface area contributed by atoms with E-state index >= 15 is 0 Å². The lowest BCUT2D eigenvalue weighted by Crippen LogP contribution is -2.08. The molecular weight excluding hydrogens is 318 g/mol. The molecule has 0 radical (unpaired) electrons. The summed E-state index contributed by atoms with van der Waals surface area (Å²) in [4.78, 5) is 0. The largest absolute Gasteiger partial charge is 0.508 e. The molecule has 0 saturated carbocycles. The van der Waals surface area contributed by atoms with Crippen molar-refractivity contribution in [2.75, 3.05) is 12.4 Å². The standard InChI is InChI=1S/C16H18BrNO2/c1-10-5-4-6-14(16(10)17)18-11(2)13-9-12(20-3)7-8-15(13)19/h4-9,11,18-19H,1-3H3. The SMILES string of the molecule is COc1ccc(O)c(C(C)Nc2cccc(C)c2Br)c1. The molecule has 0 bridgehead atoms. The highest BCUT2D eigenvalue weighted by molar-refractivity contribution is 9.10. The summed E-state index contributed by atoms with van der Waals surface area (Å²) in [7, 11) is 1.62. The van der Waals surface area contributed by atoms with Gasteiger partial charge in [0.15, 0.2) is 0 Å². The van der Waals surface area contributed by atoms with E-state index in [0.717, 1.165) is 27.0 Å². The first kappa shape index (κ1) is 14.7. The monoisotopic (exact) mass is 335 g/mol. The third-order valence-corrected chi connectivity index (χ3v) is 4.32. The van der Waals surface area contributed by atoms with Crippen molar-refractivity contribution >= 4 is 21.6 Å². The molecule has 3 nitrogen and oxygen atoms in total. The highest BCUT2D eigenvalue weighted by atomic mass is 79.9. The molecule has 2 aromatic rings. The fourth-order valence-electron chi connectivity index (χ4n) is 2.08. The summed E-state index contributed by atoms with van der Waals surface area (Å²) in [6, 6.07) is 11.2. The first-order chi connectivity index (χ1) is 9.52. The number of ether oxygens (including phenoxy) is 1. The van der Waals surface area contributed by atoms with Crippen molar-refractivity contribution in [2.45, 2.75) is 19.9 Å². The molecule has 0 aliphatic carbocycles. The number of aromatic hydroxyl groups is 1. The zero-order chi connectivity index (χ0) is 14.7. The molecule has 0 heterocycles. The summed E-state index contributed by atoms with van der Waals surface area (Å²) in [5.41, 5.74) is 2.97. The number of nitrogens with one attached hydrogen (secondary N) is 1. The Hall–Kier alpha value is -1.68. The molecule has 2 N–H and O–H groups in total. The molecule has 20 heavy (non-hydrogen) atoms. The van der Waals surface area contributed by atoms with Crippen molar-refractivity contribution < 1.29 is 9.84 Å². The summed E-state index contributed by atoms with van der Waals surface area (Å²) in [6.07, 6.45) is 0. The Morgan fingerprint density at radius 3 is 2.70 bits per heavy atom. The summed E-state index contributed by atoms with van der Waals surface area (Å²) in [6.45, 7) is 4.05.